The number of aryl methyl sites for hydroxylation is 1. The van der Waals surface area contributed by atoms with E-state index in [0.717, 1.165) is 50.4 Å². The van der Waals surface area contributed by atoms with E-state index >= 15 is 0 Å². The van der Waals surface area contributed by atoms with Gasteiger partial charge in [0.25, 0.3) is 5.91 Å². The summed E-state index contributed by atoms with van der Waals surface area (Å²) in [5.41, 5.74) is 7.42. The van der Waals surface area contributed by atoms with E-state index in [4.69, 9.17) is 10.5 Å². The third kappa shape index (κ3) is 7.05. The van der Waals surface area contributed by atoms with Crippen LogP contribution in [0.5, 0.6) is 0 Å². The molecule has 2 unspecified atom stereocenters. The highest BCUT2D eigenvalue weighted by Gasteiger charge is 2.39. The fourth-order valence-corrected chi connectivity index (χ4v) is 6.07. The van der Waals surface area contributed by atoms with Gasteiger partial charge in [0.2, 0.25) is 5.91 Å². The van der Waals surface area contributed by atoms with Crippen LogP contribution in [0.25, 0.3) is 0 Å². The van der Waals surface area contributed by atoms with Gasteiger partial charge in [0.05, 0.1) is 6.10 Å². The first-order chi connectivity index (χ1) is 17.0. The number of nitrogens with two attached hydrogens (primary N) is 1. The zero-order valence-corrected chi connectivity index (χ0v) is 21.4. The fourth-order valence-electron chi connectivity index (χ4n) is 6.07. The minimum atomic E-state index is -0.479. The first-order valence-corrected chi connectivity index (χ1v) is 13.8. The number of hydrogen-bond donors (Lipinski definition) is 2. The molecule has 2 heterocycles. The smallest absolute Gasteiger partial charge is 0.254 e. The molecule has 35 heavy (non-hydrogen) atoms. The van der Waals surface area contributed by atoms with E-state index in [1.165, 1.54) is 32.1 Å². The molecule has 194 valence electrons. The van der Waals surface area contributed by atoms with E-state index < -0.39 is 6.04 Å². The Morgan fingerprint density at radius 3 is 2.51 bits per heavy atom. The van der Waals surface area contributed by atoms with Crippen LogP contribution in [-0.2, 0) is 9.53 Å². The molecular weight excluding hydrogens is 440 g/mol. The van der Waals surface area contributed by atoms with Gasteiger partial charge >= 0.3 is 0 Å². The number of likely N-dealkylation sites (tertiary alicyclic amines) is 1. The van der Waals surface area contributed by atoms with Gasteiger partial charge in [-0.1, -0.05) is 37.0 Å². The van der Waals surface area contributed by atoms with Crippen molar-refractivity contribution >= 4 is 11.8 Å². The number of nitrogens with one attached hydrogen (secondary N) is 1. The maximum Gasteiger partial charge on any atom is 0.254 e. The lowest BCUT2D eigenvalue weighted by Gasteiger charge is -2.44. The maximum atomic E-state index is 13.5. The quantitative estimate of drug-likeness (QED) is 0.562. The van der Waals surface area contributed by atoms with Gasteiger partial charge in [0.1, 0.15) is 6.04 Å². The van der Waals surface area contributed by atoms with E-state index in [-0.39, 0.29) is 24.0 Å². The van der Waals surface area contributed by atoms with Gasteiger partial charge in [0, 0.05) is 50.9 Å². The number of nitrogens with zero attached hydrogens (tertiary/aromatic N) is 2. The van der Waals surface area contributed by atoms with Crippen molar-refractivity contribution in [2.75, 3.05) is 39.3 Å². The number of benzene rings is 1. The number of carbonyl (C=O) groups is 2. The van der Waals surface area contributed by atoms with Crippen LogP contribution in [0.3, 0.4) is 0 Å². The largest absolute Gasteiger partial charge is 0.377 e. The molecule has 1 aromatic rings. The van der Waals surface area contributed by atoms with Crippen molar-refractivity contribution in [3.63, 3.8) is 0 Å². The molecule has 1 saturated carbocycles. The lowest BCUT2D eigenvalue weighted by molar-refractivity contribution is -0.127. The Hall–Kier alpha value is -1.96. The second-order valence-electron chi connectivity index (χ2n) is 10.7. The average Bonchev–Trinajstić information content (AvgIpc) is 3.40. The summed E-state index contributed by atoms with van der Waals surface area (Å²) in [6, 6.07) is 7.44. The van der Waals surface area contributed by atoms with Gasteiger partial charge in [-0.3, -0.25) is 14.5 Å². The molecule has 4 rings (SSSR count). The summed E-state index contributed by atoms with van der Waals surface area (Å²) >= 11 is 0. The standard InChI is InChI=1S/C28H44N4O3/c1-21-9-11-23(12-10-21)28(34)32-16-13-24(18-26(32)27(33)30-15-14-29)31(20-25-8-5-17-35-25)19-22-6-3-2-4-7-22/h9-12,22,24-26H,2-8,13-20,29H2,1H3,(H,30,33)/t24?,25?,26-/m1/s1. The topological polar surface area (TPSA) is 87.9 Å². The van der Waals surface area contributed by atoms with Gasteiger partial charge < -0.3 is 20.7 Å². The van der Waals surface area contributed by atoms with Crippen LogP contribution >= 0.6 is 0 Å². The second-order valence-corrected chi connectivity index (χ2v) is 10.7. The molecule has 0 spiro atoms. The molecule has 0 bridgehead atoms. The summed E-state index contributed by atoms with van der Waals surface area (Å²) in [7, 11) is 0. The molecule has 7 heteroatoms. The van der Waals surface area contributed by atoms with E-state index in [2.05, 4.69) is 10.2 Å². The highest BCUT2D eigenvalue weighted by molar-refractivity contribution is 5.97. The molecule has 3 N–H and O–H groups in total. The van der Waals surface area contributed by atoms with Gasteiger partial charge in [0.15, 0.2) is 0 Å². The fraction of sp³-hybridized carbons (Fsp3) is 0.714. The molecule has 3 aliphatic rings. The van der Waals surface area contributed by atoms with Crippen molar-refractivity contribution in [2.45, 2.75) is 82.9 Å². The molecule has 2 saturated heterocycles. The monoisotopic (exact) mass is 484 g/mol. The molecule has 3 fully saturated rings. The summed E-state index contributed by atoms with van der Waals surface area (Å²) in [5.74, 6) is 0.575. The predicted molar refractivity (Wildman–Crippen MR) is 138 cm³/mol. The Labute approximate surface area is 210 Å². The number of rotatable bonds is 9. The van der Waals surface area contributed by atoms with Crippen LogP contribution in [-0.4, -0.2) is 79.1 Å². The Morgan fingerprint density at radius 1 is 1.06 bits per heavy atom. The van der Waals surface area contributed by atoms with Gasteiger partial charge in [-0.15, -0.1) is 0 Å². The van der Waals surface area contributed by atoms with Crippen molar-refractivity contribution in [3.05, 3.63) is 35.4 Å². The van der Waals surface area contributed by atoms with E-state index in [1.807, 2.05) is 31.2 Å². The van der Waals surface area contributed by atoms with Crippen LogP contribution in [0.1, 0.15) is 73.7 Å². The van der Waals surface area contributed by atoms with Crippen LogP contribution in [0.2, 0.25) is 0 Å². The van der Waals surface area contributed by atoms with Crippen LogP contribution in [0.4, 0.5) is 0 Å². The van der Waals surface area contributed by atoms with Crippen molar-refractivity contribution in [2.24, 2.45) is 11.7 Å². The predicted octanol–water partition coefficient (Wildman–Crippen LogP) is 3.10. The lowest BCUT2D eigenvalue weighted by atomic mass is 9.87. The Kier molecular flexibility index (Phi) is 9.58. The molecule has 0 radical (unpaired) electrons. The number of amides is 2. The van der Waals surface area contributed by atoms with Crippen LogP contribution in [0.15, 0.2) is 24.3 Å². The van der Waals surface area contributed by atoms with Crippen molar-refractivity contribution < 1.29 is 14.3 Å². The summed E-state index contributed by atoms with van der Waals surface area (Å²) in [6.07, 6.45) is 10.7. The van der Waals surface area contributed by atoms with Gasteiger partial charge in [-0.25, -0.2) is 0 Å². The highest BCUT2D eigenvalue weighted by Crippen LogP contribution is 2.30. The Bertz CT molecular complexity index is 818. The third-order valence-corrected chi connectivity index (χ3v) is 8.08. The van der Waals surface area contributed by atoms with Crippen molar-refractivity contribution in [3.8, 4) is 0 Å². The SMILES string of the molecule is Cc1ccc(C(=O)N2CCC(N(CC3CCCCC3)CC3CCCO3)C[C@@H]2C(=O)NCCN)cc1. The molecule has 7 nitrogen and oxygen atoms in total. The van der Waals surface area contributed by atoms with E-state index in [1.54, 1.807) is 4.90 Å². The summed E-state index contributed by atoms with van der Waals surface area (Å²) in [4.78, 5) is 31.1. The third-order valence-electron chi connectivity index (χ3n) is 8.08. The maximum absolute atomic E-state index is 13.5. The zero-order chi connectivity index (χ0) is 24.6. The summed E-state index contributed by atoms with van der Waals surface area (Å²) in [5, 5.41) is 2.96. The number of piperidine rings is 1. The molecular formula is C28H44N4O3. The summed E-state index contributed by atoms with van der Waals surface area (Å²) in [6.45, 7) is 6.28. The van der Waals surface area contributed by atoms with Crippen LogP contribution < -0.4 is 11.1 Å². The second kappa shape index (κ2) is 12.8. The first kappa shape index (κ1) is 26.1. The average molecular weight is 485 g/mol. The molecule has 1 aromatic carbocycles. The van der Waals surface area contributed by atoms with Gasteiger partial charge in [-0.2, -0.15) is 0 Å². The number of ether oxygens (including phenoxy) is 1. The minimum Gasteiger partial charge on any atom is -0.377 e. The summed E-state index contributed by atoms with van der Waals surface area (Å²) < 4.78 is 6.02. The van der Waals surface area contributed by atoms with E-state index in [9.17, 15) is 9.59 Å². The molecule has 3 atom stereocenters. The zero-order valence-electron chi connectivity index (χ0n) is 21.4. The van der Waals surface area contributed by atoms with Crippen molar-refractivity contribution in [1.82, 2.24) is 15.1 Å². The number of carbonyl (C=O) groups excluding carboxylic acids is 2. The Balaban J connectivity index is 1.51. The normalized spacial score (nSPS) is 25.7. The highest BCUT2D eigenvalue weighted by atomic mass is 16.5. The number of hydrogen-bond acceptors (Lipinski definition) is 5. The molecule has 2 amide bonds. The van der Waals surface area contributed by atoms with Crippen molar-refractivity contribution in [1.29, 1.82) is 0 Å². The molecule has 0 aromatic heterocycles. The minimum absolute atomic E-state index is 0.0608. The van der Waals surface area contributed by atoms with E-state index in [0.29, 0.717) is 31.6 Å². The molecule has 2 aliphatic heterocycles. The first-order valence-electron chi connectivity index (χ1n) is 13.8. The van der Waals surface area contributed by atoms with Gasteiger partial charge in [-0.05, 0) is 63.5 Å². The van der Waals surface area contributed by atoms with Crippen LogP contribution in [0, 0.1) is 12.8 Å². The molecule has 1 aliphatic carbocycles. The Morgan fingerprint density at radius 2 is 1.83 bits per heavy atom. The lowest BCUT2D eigenvalue weighted by Crippen LogP contribution is -2.58.